The van der Waals surface area contributed by atoms with E-state index in [0.29, 0.717) is 6.61 Å². The van der Waals surface area contributed by atoms with Crippen molar-refractivity contribution in [2.24, 2.45) is 0 Å². The van der Waals surface area contributed by atoms with Crippen molar-refractivity contribution in [2.45, 2.75) is 13.0 Å². The molecule has 1 unspecified atom stereocenters. The molecule has 1 N–H and O–H groups in total. The van der Waals surface area contributed by atoms with Gasteiger partial charge in [0.1, 0.15) is 6.04 Å². The van der Waals surface area contributed by atoms with E-state index in [9.17, 15) is 4.79 Å². The Kier molecular flexibility index (Phi) is 3.69. The van der Waals surface area contributed by atoms with Crippen molar-refractivity contribution in [3.63, 3.8) is 0 Å². The molecule has 0 aromatic carbocycles. The summed E-state index contributed by atoms with van der Waals surface area (Å²) in [5.41, 5.74) is 0. The highest BCUT2D eigenvalue weighted by molar-refractivity contribution is 5.81. The van der Waals surface area contributed by atoms with Gasteiger partial charge in [0.2, 0.25) is 0 Å². The quantitative estimate of drug-likeness (QED) is 0.644. The van der Waals surface area contributed by atoms with Crippen LogP contribution in [0.3, 0.4) is 0 Å². The zero-order chi connectivity index (χ0) is 10.7. The van der Waals surface area contributed by atoms with Crippen LogP contribution in [0.25, 0.3) is 0 Å². The highest BCUT2D eigenvalue weighted by atomic mass is 16.5. The van der Waals surface area contributed by atoms with Gasteiger partial charge in [-0.05, 0) is 6.92 Å². The van der Waals surface area contributed by atoms with Gasteiger partial charge < -0.3 is 10.1 Å². The minimum Gasteiger partial charge on any atom is -0.378 e. The standard InChI is InChI=1S/C10H19N3O2/c1-9(14)10-8-15-7-6-13(10)12-4-2-11-3-5-12/h10-11H,2-8H2,1H3. The monoisotopic (exact) mass is 213 g/mol. The molecule has 0 aliphatic carbocycles. The van der Waals surface area contributed by atoms with Gasteiger partial charge in [0, 0.05) is 32.7 Å². The van der Waals surface area contributed by atoms with Crippen LogP contribution >= 0.6 is 0 Å². The van der Waals surface area contributed by atoms with Crippen molar-refractivity contribution < 1.29 is 9.53 Å². The Bertz CT molecular complexity index is 229. The van der Waals surface area contributed by atoms with Gasteiger partial charge in [-0.2, -0.15) is 0 Å². The minimum absolute atomic E-state index is 0.0724. The van der Waals surface area contributed by atoms with Crippen molar-refractivity contribution in [3.8, 4) is 0 Å². The molecule has 2 aliphatic heterocycles. The van der Waals surface area contributed by atoms with Crippen LogP contribution in [0.1, 0.15) is 6.92 Å². The number of rotatable bonds is 2. The second kappa shape index (κ2) is 5.03. The van der Waals surface area contributed by atoms with E-state index in [-0.39, 0.29) is 11.8 Å². The summed E-state index contributed by atoms with van der Waals surface area (Å²) < 4.78 is 5.36. The molecule has 0 saturated carbocycles. The van der Waals surface area contributed by atoms with Gasteiger partial charge in [0.25, 0.3) is 0 Å². The van der Waals surface area contributed by atoms with E-state index in [4.69, 9.17) is 4.74 Å². The summed E-state index contributed by atoms with van der Waals surface area (Å²) in [5, 5.41) is 7.78. The lowest BCUT2D eigenvalue weighted by Gasteiger charge is -2.43. The van der Waals surface area contributed by atoms with Crippen LogP contribution in [-0.4, -0.2) is 67.8 Å². The third-order valence-corrected chi connectivity index (χ3v) is 3.03. The molecule has 2 heterocycles. The number of carbonyl (C=O) groups is 1. The van der Waals surface area contributed by atoms with Gasteiger partial charge in [-0.25, -0.2) is 10.0 Å². The Balaban J connectivity index is 1.99. The lowest BCUT2D eigenvalue weighted by molar-refractivity contribution is -0.154. The third kappa shape index (κ3) is 2.55. The molecule has 0 radical (unpaired) electrons. The normalized spacial score (nSPS) is 30.3. The maximum absolute atomic E-state index is 11.5. The Morgan fingerprint density at radius 1 is 1.33 bits per heavy atom. The average molecular weight is 213 g/mol. The fraction of sp³-hybridized carbons (Fsp3) is 0.900. The van der Waals surface area contributed by atoms with E-state index in [1.165, 1.54) is 0 Å². The maximum Gasteiger partial charge on any atom is 0.150 e. The van der Waals surface area contributed by atoms with Crippen molar-refractivity contribution in [3.05, 3.63) is 0 Å². The molecular formula is C10H19N3O2. The van der Waals surface area contributed by atoms with Crippen LogP contribution in [0.2, 0.25) is 0 Å². The number of hydrogen-bond acceptors (Lipinski definition) is 5. The average Bonchev–Trinajstić information content (AvgIpc) is 2.30. The van der Waals surface area contributed by atoms with Crippen LogP contribution in [0.4, 0.5) is 0 Å². The predicted molar refractivity (Wildman–Crippen MR) is 56.4 cm³/mol. The molecule has 2 saturated heterocycles. The Hall–Kier alpha value is -0.490. The second-order valence-corrected chi connectivity index (χ2v) is 4.07. The van der Waals surface area contributed by atoms with Gasteiger partial charge in [-0.1, -0.05) is 0 Å². The number of piperazine rings is 1. The molecule has 5 heteroatoms. The molecule has 1 atom stereocenters. The number of carbonyl (C=O) groups excluding carboxylic acids is 1. The minimum atomic E-state index is -0.0724. The summed E-state index contributed by atoms with van der Waals surface area (Å²) in [6.45, 7) is 7.74. The fourth-order valence-electron chi connectivity index (χ4n) is 2.17. The number of hydrogen-bond donors (Lipinski definition) is 1. The number of hydrazine groups is 1. The number of ether oxygens (including phenoxy) is 1. The molecule has 0 spiro atoms. The lowest BCUT2D eigenvalue weighted by atomic mass is 10.2. The highest BCUT2D eigenvalue weighted by Gasteiger charge is 2.31. The van der Waals surface area contributed by atoms with Crippen LogP contribution in [0, 0.1) is 0 Å². The zero-order valence-electron chi connectivity index (χ0n) is 9.24. The van der Waals surface area contributed by atoms with E-state index >= 15 is 0 Å². The molecule has 0 amide bonds. The highest BCUT2D eigenvalue weighted by Crippen LogP contribution is 2.12. The van der Waals surface area contributed by atoms with E-state index in [2.05, 4.69) is 15.3 Å². The summed E-state index contributed by atoms with van der Waals surface area (Å²) in [4.78, 5) is 11.5. The summed E-state index contributed by atoms with van der Waals surface area (Å²) in [6.07, 6.45) is 0. The lowest BCUT2D eigenvalue weighted by Crippen LogP contribution is -2.61. The molecule has 15 heavy (non-hydrogen) atoms. The summed E-state index contributed by atoms with van der Waals surface area (Å²) in [5.74, 6) is 0.202. The number of nitrogens with zero attached hydrogens (tertiary/aromatic N) is 2. The van der Waals surface area contributed by atoms with E-state index in [0.717, 1.165) is 39.3 Å². The first-order chi connectivity index (χ1) is 7.29. The first-order valence-electron chi connectivity index (χ1n) is 5.59. The third-order valence-electron chi connectivity index (χ3n) is 3.03. The number of morpholine rings is 1. The van der Waals surface area contributed by atoms with Crippen LogP contribution in [0.15, 0.2) is 0 Å². The van der Waals surface area contributed by atoms with Crippen molar-refractivity contribution in [1.82, 2.24) is 15.3 Å². The van der Waals surface area contributed by atoms with Crippen molar-refractivity contribution >= 4 is 5.78 Å². The number of ketones is 1. The topological polar surface area (TPSA) is 44.8 Å². The molecule has 5 nitrogen and oxygen atoms in total. The first-order valence-corrected chi connectivity index (χ1v) is 5.59. The largest absolute Gasteiger partial charge is 0.378 e. The smallest absolute Gasteiger partial charge is 0.150 e. The Morgan fingerprint density at radius 2 is 2.07 bits per heavy atom. The Labute approximate surface area is 90.3 Å². The van der Waals surface area contributed by atoms with Gasteiger partial charge in [0.05, 0.1) is 13.2 Å². The van der Waals surface area contributed by atoms with Crippen molar-refractivity contribution in [2.75, 3.05) is 45.9 Å². The molecule has 2 fully saturated rings. The Morgan fingerprint density at radius 3 is 2.73 bits per heavy atom. The first kappa shape index (κ1) is 11.0. The van der Waals surface area contributed by atoms with E-state index in [1.807, 2.05) is 0 Å². The maximum atomic E-state index is 11.5. The summed E-state index contributed by atoms with van der Waals surface area (Å²) >= 11 is 0. The van der Waals surface area contributed by atoms with E-state index in [1.54, 1.807) is 6.92 Å². The molecule has 86 valence electrons. The predicted octanol–water partition coefficient (Wildman–Crippen LogP) is -0.904. The van der Waals surface area contributed by atoms with E-state index < -0.39 is 0 Å². The zero-order valence-corrected chi connectivity index (χ0v) is 9.24. The molecule has 0 bridgehead atoms. The molecule has 0 aromatic rings. The van der Waals surface area contributed by atoms with Crippen LogP contribution in [0.5, 0.6) is 0 Å². The molecule has 2 aliphatic rings. The van der Waals surface area contributed by atoms with Gasteiger partial charge >= 0.3 is 0 Å². The molecule has 2 rings (SSSR count). The molecular weight excluding hydrogens is 194 g/mol. The number of Topliss-reactive ketones (excluding diaryl/α,β-unsaturated/α-hetero) is 1. The number of nitrogens with one attached hydrogen (secondary N) is 1. The van der Waals surface area contributed by atoms with Gasteiger partial charge in [0.15, 0.2) is 5.78 Å². The SMILES string of the molecule is CC(=O)C1COCCN1N1CCNCC1. The fourth-order valence-corrected chi connectivity index (χ4v) is 2.17. The molecule has 0 aromatic heterocycles. The van der Waals surface area contributed by atoms with Gasteiger partial charge in [-0.3, -0.25) is 4.79 Å². The summed E-state index contributed by atoms with van der Waals surface area (Å²) in [7, 11) is 0. The van der Waals surface area contributed by atoms with Crippen molar-refractivity contribution in [1.29, 1.82) is 0 Å². The van der Waals surface area contributed by atoms with Crippen LogP contribution < -0.4 is 5.32 Å². The second-order valence-electron chi connectivity index (χ2n) is 4.07. The van der Waals surface area contributed by atoms with Crippen LogP contribution in [-0.2, 0) is 9.53 Å². The summed E-state index contributed by atoms with van der Waals surface area (Å²) in [6, 6.07) is -0.0724. The van der Waals surface area contributed by atoms with Gasteiger partial charge in [-0.15, -0.1) is 0 Å².